The Morgan fingerprint density at radius 1 is 1.60 bits per heavy atom. The maximum absolute atomic E-state index is 12.3. The zero-order chi connectivity index (χ0) is 11.7. The summed E-state index contributed by atoms with van der Waals surface area (Å²) >= 11 is 0. The highest BCUT2D eigenvalue weighted by molar-refractivity contribution is 7.58. The minimum absolute atomic E-state index is 0.388. The normalized spacial score (nSPS) is 30.5. The van der Waals surface area contributed by atoms with Gasteiger partial charge >= 0.3 is 0 Å². The fourth-order valence-corrected chi connectivity index (χ4v) is 3.66. The van der Waals surface area contributed by atoms with Gasteiger partial charge in [-0.1, -0.05) is 23.3 Å². The van der Waals surface area contributed by atoms with Gasteiger partial charge < -0.3 is 4.52 Å². The second-order valence-electron chi connectivity index (χ2n) is 4.43. The maximum Gasteiger partial charge on any atom is 0.276 e. The molecular formula is C11H20NO2P. The van der Waals surface area contributed by atoms with Crippen molar-refractivity contribution in [3.05, 3.63) is 23.3 Å². The summed E-state index contributed by atoms with van der Waals surface area (Å²) in [6.45, 7) is 8.13. The third-order valence-electron chi connectivity index (χ3n) is 2.68. The maximum atomic E-state index is 12.3. The van der Waals surface area contributed by atoms with E-state index < -0.39 is 12.7 Å². The Kier molecular flexibility index (Phi) is 3.59. The fraction of sp³-hybridized carbons (Fsp3) is 0.636. The van der Waals surface area contributed by atoms with Gasteiger partial charge in [0.15, 0.2) is 0 Å². The van der Waals surface area contributed by atoms with Crippen molar-refractivity contribution in [2.75, 3.05) is 6.61 Å². The molecule has 86 valence electrons. The lowest BCUT2D eigenvalue weighted by Crippen LogP contribution is -2.30. The van der Waals surface area contributed by atoms with Crippen LogP contribution < -0.4 is 5.50 Å². The molecule has 0 bridgehead atoms. The molecule has 0 spiro atoms. The van der Waals surface area contributed by atoms with E-state index in [2.05, 4.69) is 6.08 Å². The summed E-state index contributed by atoms with van der Waals surface area (Å²) < 4.78 is 17.5. The van der Waals surface area contributed by atoms with Crippen molar-refractivity contribution >= 4 is 7.52 Å². The summed E-state index contributed by atoms with van der Waals surface area (Å²) in [5.74, 6) is 0. The van der Waals surface area contributed by atoms with Gasteiger partial charge in [0.1, 0.15) is 0 Å². The van der Waals surface area contributed by atoms with E-state index in [1.54, 1.807) is 0 Å². The fourth-order valence-electron chi connectivity index (χ4n) is 2.13. The topological polar surface area (TPSA) is 52.3 Å². The Morgan fingerprint density at radius 3 is 2.67 bits per heavy atom. The summed E-state index contributed by atoms with van der Waals surface area (Å²) in [4.78, 5) is 0. The molecule has 1 aliphatic carbocycles. The molecule has 0 saturated heterocycles. The van der Waals surface area contributed by atoms with Gasteiger partial charge in [0, 0.05) is 0 Å². The molecule has 4 heteroatoms. The van der Waals surface area contributed by atoms with Crippen molar-refractivity contribution in [3.8, 4) is 0 Å². The third-order valence-corrected chi connectivity index (χ3v) is 5.04. The smallest absolute Gasteiger partial charge is 0.276 e. The van der Waals surface area contributed by atoms with Crippen LogP contribution in [0.25, 0.3) is 0 Å². The number of rotatable bonds is 3. The molecule has 0 amide bonds. The molecule has 0 aromatic rings. The van der Waals surface area contributed by atoms with E-state index in [1.807, 2.05) is 33.8 Å². The minimum atomic E-state index is -3.07. The Bertz CT molecular complexity index is 360. The predicted molar refractivity (Wildman–Crippen MR) is 64.0 cm³/mol. The van der Waals surface area contributed by atoms with Crippen LogP contribution in [0.3, 0.4) is 0 Å². The van der Waals surface area contributed by atoms with Crippen LogP contribution in [0.15, 0.2) is 23.3 Å². The molecule has 0 radical (unpaired) electrons. The largest absolute Gasteiger partial charge is 0.317 e. The lowest BCUT2D eigenvalue weighted by Gasteiger charge is -2.34. The Hall–Kier alpha value is -0.370. The van der Waals surface area contributed by atoms with Crippen LogP contribution in [0, 0.1) is 0 Å². The molecule has 0 saturated carbocycles. The lowest BCUT2D eigenvalue weighted by atomic mass is 9.92. The highest BCUT2D eigenvalue weighted by Crippen LogP contribution is 2.57. The van der Waals surface area contributed by atoms with E-state index in [-0.39, 0.29) is 0 Å². The minimum Gasteiger partial charge on any atom is -0.317 e. The second-order valence-corrected chi connectivity index (χ2v) is 6.90. The first-order chi connectivity index (χ1) is 6.81. The first-order valence-corrected chi connectivity index (χ1v) is 6.90. The predicted octanol–water partition coefficient (Wildman–Crippen LogP) is 3.23. The van der Waals surface area contributed by atoms with E-state index in [4.69, 9.17) is 10.0 Å². The highest BCUT2D eigenvalue weighted by atomic mass is 31.2. The van der Waals surface area contributed by atoms with E-state index in [0.29, 0.717) is 13.0 Å². The standard InChI is InChI=1S/C11H20NO2P/c1-5-14-15(12,13)11(4)7-9(2)6-10(3)8-11/h6-7H,5,8H2,1-4H3,(H2,12,13). The van der Waals surface area contributed by atoms with Crippen molar-refractivity contribution < 1.29 is 9.09 Å². The van der Waals surface area contributed by atoms with E-state index in [0.717, 1.165) is 5.57 Å². The van der Waals surface area contributed by atoms with Crippen LogP contribution in [-0.4, -0.2) is 11.8 Å². The number of hydrogen-bond acceptors (Lipinski definition) is 2. The molecule has 0 fully saturated rings. The van der Waals surface area contributed by atoms with Crippen molar-refractivity contribution in [3.63, 3.8) is 0 Å². The van der Waals surface area contributed by atoms with E-state index >= 15 is 0 Å². The average molecular weight is 229 g/mol. The van der Waals surface area contributed by atoms with Gasteiger partial charge in [0.2, 0.25) is 0 Å². The van der Waals surface area contributed by atoms with Crippen LogP contribution in [0.1, 0.15) is 34.1 Å². The quantitative estimate of drug-likeness (QED) is 0.756. The molecule has 2 unspecified atom stereocenters. The van der Waals surface area contributed by atoms with Gasteiger partial charge in [-0.05, 0) is 34.1 Å². The molecule has 2 N–H and O–H groups in total. The summed E-state index contributed by atoms with van der Waals surface area (Å²) in [6, 6.07) is 0. The lowest BCUT2D eigenvalue weighted by molar-refractivity contribution is 0.317. The van der Waals surface area contributed by atoms with Gasteiger partial charge in [-0.2, -0.15) is 0 Å². The monoisotopic (exact) mass is 229 g/mol. The van der Waals surface area contributed by atoms with Crippen LogP contribution in [0.2, 0.25) is 0 Å². The molecule has 15 heavy (non-hydrogen) atoms. The molecule has 2 atom stereocenters. The molecule has 0 aromatic carbocycles. The van der Waals surface area contributed by atoms with E-state index in [1.165, 1.54) is 5.57 Å². The van der Waals surface area contributed by atoms with Gasteiger partial charge in [-0.25, -0.2) is 0 Å². The van der Waals surface area contributed by atoms with Gasteiger partial charge in [-0.3, -0.25) is 10.1 Å². The van der Waals surface area contributed by atoms with Crippen LogP contribution >= 0.6 is 7.52 Å². The van der Waals surface area contributed by atoms with Crippen molar-refractivity contribution in [2.45, 2.75) is 39.3 Å². The number of nitrogens with two attached hydrogens (primary N) is 1. The van der Waals surface area contributed by atoms with Gasteiger partial charge in [-0.15, -0.1) is 0 Å². The van der Waals surface area contributed by atoms with Gasteiger partial charge in [0.05, 0.1) is 11.8 Å². The van der Waals surface area contributed by atoms with E-state index in [9.17, 15) is 4.57 Å². The molecule has 1 aliphatic rings. The SMILES string of the molecule is CCOP(N)(=O)C1(C)C=C(C)C=C(C)C1. The molecule has 0 aromatic heterocycles. The zero-order valence-corrected chi connectivity index (χ0v) is 10.8. The molecule has 1 rings (SSSR count). The van der Waals surface area contributed by atoms with Crippen molar-refractivity contribution in [1.29, 1.82) is 0 Å². The Labute approximate surface area is 91.9 Å². The Balaban J connectivity index is 3.04. The molecule has 0 aliphatic heterocycles. The highest BCUT2D eigenvalue weighted by Gasteiger charge is 2.42. The summed E-state index contributed by atoms with van der Waals surface area (Å²) in [6.07, 6.45) is 4.77. The second kappa shape index (κ2) is 4.25. The van der Waals surface area contributed by atoms with Crippen LogP contribution in [0.4, 0.5) is 0 Å². The number of hydrogen-bond donors (Lipinski definition) is 1. The molecule has 0 heterocycles. The Morgan fingerprint density at radius 2 is 2.20 bits per heavy atom. The van der Waals surface area contributed by atoms with Gasteiger partial charge in [0.25, 0.3) is 7.52 Å². The third kappa shape index (κ3) is 2.60. The summed E-state index contributed by atoms with van der Waals surface area (Å²) in [5.41, 5.74) is 8.12. The van der Waals surface area contributed by atoms with Crippen molar-refractivity contribution in [2.24, 2.45) is 5.50 Å². The molecular weight excluding hydrogens is 209 g/mol. The summed E-state index contributed by atoms with van der Waals surface area (Å²) in [5, 5.41) is -0.550. The van der Waals surface area contributed by atoms with Crippen LogP contribution in [0.5, 0.6) is 0 Å². The first kappa shape index (κ1) is 12.7. The van der Waals surface area contributed by atoms with Crippen LogP contribution in [-0.2, 0) is 9.09 Å². The first-order valence-electron chi connectivity index (χ1n) is 5.20. The zero-order valence-electron chi connectivity index (χ0n) is 9.91. The number of allylic oxidation sites excluding steroid dienone is 4. The van der Waals surface area contributed by atoms with Crippen molar-refractivity contribution in [1.82, 2.24) is 0 Å². The molecule has 3 nitrogen and oxygen atoms in total. The average Bonchev–Trinajstić information content (AvgIpc) is 2.00. The summed E-state index contributed by atoms with van der Waals surface area (Å²) in [7, 11) is -3.07.